The molecule has 0 radical (unpaired) electrons. The Morgan fingerprint density at radius 1 is 1.30 bits per heavy atom. The Balaban J connectivity index is 2.48. The van der Waals surface area contributed by atoms with E-state index in [1.807, 2.05) is 26.8 Å². The smallest absolute Gasteiger partial charge is 0.253 e. The molecule has 1 N–H and O–H groups in total. The van der Waals surface area contributed by atoms with E-state index in [0.717, 1.165) is 5.56 Å². The lowest BCUT2D eigenvalue weighted by Crippen LogP contribution is -2.66. The molecule has 1 saturated heterocycles. The molecule has 2 amide bonds. The fraction of sp³-hybridized carbons (Fsp3) is 0.467. The second-order valence-corrected chi connectivity index (χ2v) is 5.52. The third-order valence-corrected chi connectivity index (χ3v) is 4.48. The Hall–Kier alpha value is -1.55. The van der Waals surface area contributed by atoms with E-state index in [1.54, 1.807) is 17.0 Å². The van der Waals surface area contributed by atoms with Gasteiger partial charge >= 0.3 is 0 Å². The first kappa shape index (κ1) is 14.9. The summed E-state index contributed by atoms with van der Waals surface area (Å²) in [5, 5.41) is 3.45. The molecule has 0 aromatic heterocycles. The van der Waals surface area contributed by atoms with Crippen molar-refractivity contribution in [2.24, 2.45) is 0 Å². The molecule has 0 spiro atoms. The topological polar surface area (TPSA) is 49.4 Å². The SMILES string of the molecule is CCC1(CC)NC(=O)CN(c2cccc(Cl)c2C)C1=O. The Morgan fingerprint density at radius 3 is 2.55 bits per heavy atom. The summed E-state index contributed by atoms with van der Waals surface area (Å²) in [6, 6.07) is 5.40. The van der Waals surface area contributed by atoms with Crippen molar-refractivity contribution in [1.29, 1.82) is 0 Å². The van der Waals surface area contributed by atoms with E-state index < -0.39 is 5.54 Å². The minimum absolute atomic E-state index is 0.0434. The van der Waals surface area contributed by atoms with Crippen molar-refractivity contribution >= 4 is 29.1 Å². The molecule has 1 aromatic carbocycles. The van der Waals surface area contributed by atoms with Crippen LogP contribution in [0.3, 0.4) is 0 Å². The second kappa shape index (κ2) is 5.44. The molecule has 1 aliphatic heterocycles. The average molecular weight is 295 g/mol. The molecular weight excluding hydrogens is 276 g/mol. The minimum Gasteiger partial charge on any atom is -0.340 e. The maximum Gasteiger partial charge on any atom is 0.253 e. The summed E-state index contributed by atoms with van der Waals surface area (Å²) >= 11 is 6.12. The highest BCUT2D eigenvalue weighted by Gasteiger charge is 2.44. The first-order valence-corrected chi connectivity index (χ1v) is 7.21. The van der Waals surface area contributed by atoms with Crippen LogP contribution in [0, 0.1) is 6.92 Å². The van der Waals surface area contributed by atoms with E-state index >= 15 is 0 Å². The van der Waals surface area contributed by atoms with Crippen LogP contribution in [-0.4, -0.2) is 23.9 Å². The van der Waals surface area contributed by atoms with Crippen LogP contribution >= 0.6 is 11.6 Å². The van der Waals surface area contributed by atoms with Crippen LogP contribution < -0.4 is 10.2 Å². The molecule has 0 unspecified atom stereocenters. The van der Waals surface area contributed by atoms with Crippen LogP contribution in [0.5, 0.6) is 0 Å². The van der Waals surface area contributed by atoms with Crippen LogP contribution in [0.2, 0.25) is 5.02 Å². The molecular formula is C15H19ClN2O2. The van der Waals surface area contributed by atoms with Gasteiger partial charge in [0.25, 0.3) is 5.91 Å². The molecule has 0 atom stereocenters. The van der Waals surface area contributed by atoms with Gasteiger partial charge in [0.15, 0.2) is 0 Å². The third-order valence-electron chi connectivity index (χ3n) is 4.07. The lowest BCUT2D eigenvalue weighted by Gasteiger charge is -2.41. The van der Waals surface area contributed by atoms with E-state index in [-0.39, 0.29) is 18.4 Å². The Bertz CT molecular complexity index is 553. The monoisotopic (exact) mass is 294 g/mol. The molecule has 2 rings (SSSR count). The lowest BCUT2D eigenvalue weighted by atomic mass is 9.88. The predicted molar refractivity (Wildman–Crippen MR) is 80.0 cm³/mol. The van der Waals surface area contributed by atoms with Crippen molar-refractivity contribution in [3.63, 3.8) is 0 Å². The number of nitrogens with zero attached hydrogens (tertiary/aromatic N) is 1. The van der Waals surface area contributed by atoms with Crippen LogP contribution in [0.25, 0.3) is 0 Å². The minimum atomic E-state index is -0.801. The Kier molecular flexibility index (Phi) is 4.04. The molecule has 108 valence electrons. The van der Waals surface area contributed by atoms with Gasteiger partial charge in [-0.15, -0.1) is 0 Å². The maximum absolute atomic E-state index is 12.8. The number of nitrogens with one attached hydrogen (secondary N) is 1. The van der Waals surface area contributed by atoms with Crippen molar-refractivity contribution in [1.82, 2.24) is 5.32 Å². The maximum atomic E-state index is 12.8. The highest BCUT2D eigenvalue weighted by Crippen LogP contribution is 2.31. The zero-order chi connectivity index (χ0) is 14.9. The van der Waals surface area contributed by atoms with Crippen molar-refractivity contribution in [3.8, 4) is 0 Å². The van der Waals surface area contributed by atoms with Gasteiger partial charge in [-0.1, -0.05) is 31.5 Å². The number of carbonyl (C=O) groups excluding carboxylic acids is 2. The van der Waals surface area contributed by atoms with Gasteiger partial charge in [-0.25, -0.2) is 0 Å². The van der Waals surface area contributed by atoms with Gasteiger partial charge in [-0.05, 0) is 37.5 Å². The summed E-state index contributed by atoms with van der Waals surface area (Å²) in [4.78, 5) is 26.3. The molecule has 1 aromatic rings. The Labute approximate surface area is 124 Å². The largest absolute Gasteiger partial charge is 0.340 e. The molecule has 5 heteroatoms. The van der Waals surface area contributed by atoms with Crippen LogP contribution in [0.1, 0.15) is 32.3 Å². The second-order valence-electron chi connectivity index (χ2n) is 5.11. The molecule has 4 nitrogen and oxygen atoms in total. The van der Waals surface area contributed by atoms with Crippen molar-refractivity contribution in [3.05, 3.63) is 28.8 Å². The van der Waals surface area contributed by atoms with Gasteiger partial charge < -0.3 is 10.2 Å². The van der Waals surface area contributed by atoms with E-state index in [1.165, 1.54) is 0 Å². The fourth-order valence-corrected chi connectivity index (χ4v) is 2.82. The van der Waals surface area contributed by atoms with Gasteiger partial charge in [0.1, 0.15) is 12.1 Å². The molecule has 0 aliphatic carbocycles. The normalized spacial score (nSPS) is 18.1. The number of carbonyl (C=O) groups is 2. The van der Waals surface area contributed by atoms with Crippen molar-refractivity contribution < 1.29 is 9.59 Å². The number of halogens is 1. The van der Waals surface area contributed by atoms with Crippen LogP contribution in [-0.2, 0) is 9.59 Å². The molecule has 0 bridgehead atoms. The van der Waals surface area contributed by atoms with Crippen LogP contribution in [0.15, 0.2) is 18.2 Å². The number of benzene rings is 1. The zero-order valence-electron chi connectivity index (χ0n) is 12.0. The first-order valence-electron chi connectivity index (χ1n) is 6.83. The van der Waals surface area contributed by atoms with E-state index in [9.17, 15) is 9.59 Å². The Morgan fingerprint density at radius 2 is 1.95 bits per heavy atom. The summed E-state index contributed by atoms with van der Waals surface area (Å²) < 4.78 is 0. The van der Waals surface area contributed by atoms with Crippen LogP contribution in [0.4, 0.5) is 5.69 Å². The summed E-state index contributed by atoms with van der Waals surface area (Å²) in [6.45, 7) is 5.73. The standard InChI is InChI=1S/C15H19ClN2O2/c1-4-15(5-2)14(20)18(9-13(19)17-15)12-8-6-7-11(16)10(12)3/h6-8H,4-5,9H2,1-3H3,(H,17,19). The van der Waals surface area contributed by atoms with Crippen molar-refractivity contribution in [2.75, 3.05) is 11.4 Å². The highest BCUT2D eigenvalue weighted by atomic mass is 35.5. The summed E-state index contributed by atoms with van der Waals surface area (Å²) in [5.74, 6) is -0.194. The van der Waals surface area contributed by atoms with E-state index in [2.05, 4.69) is 5.32 Å². The average Bonchev–Trinajstić information content (AvgIpc) is 2.44. The quantitative estimate of drug-likeness (QED) is 0.932. The third kappa shape index (κ3) is 2.29. The van der Waals surface area contributed by atoms with Gasteiger partial charge in [-0.2, -0.15) is 0 Å². The summed E-state index contributed by atoms with van der Waals surface area (Å²) in [6.07, 6.45) is 1.15. The fourth-order valence-electron chi connectivity index (χ4n) is 2.65. The molecule has 1 aliphatic rings. The molecule has 1 fully saturated rings. The molecule has 0 saturated carbocycles. The molecule has 1 heterocycles. The highest BCUT2D eigenvalue weighted by molar-refractivity contribution is 6.31. The number of hydrogen-bond donors (Lipinski definition) is 1. The first-order chi connectivity index (χ1) is 9.45. The molecule has 20 heavy (non-hydrogen) atoms. The van der Waals surface area contributed by atoms with Gasteiger partial charge in [0, 0.05) is 10.7 Å². The number of piperazine rings is 1. The summed E-state index contributed by atoms with van der Waals surface area (Å²) in [7, 11) is 0. The van der Waals surface area contributed by atoms with Gasteiger partial charge in [0.05, 0.1) is 0 Å². The zero-order valence-corrected chi connectivity index (χ0v) is 12.8. The number of anilines is 1. The van der Waals surface area contributed by atoms with E-state index in [0.29, 0.717) is 23.6 Å². The summed E-state index contributed by atoms with van der Waals surface area (Å²) in [5.41, 5.74) is 0.728. The van der Waals surface area contributed by atoms with Gasteiger partial charge in [-0.3, -0.25) is 9.59 Å². The lowest BCUT2D eigenvalue weighted by molar-refractivity contribution is -0.136. The number of hydrogen-bond acceptors (Lipinski definition) is 2. The van der Waals surface area contributed by atoms with E-state index in [4.69, 9.17) is 11.6 Å². The number of amides is 2. The predicted octanol–water partition coefficient (Wildman–Crippen LogP) is 2.67. The van der Waals surface area contributed by atoms with Gasteiger partial charge in [0.2, 0.25) is 5.91 Å². The number of rotatable bonds is 3. The van der Waals surface area contributed by atoms with Crippen molar-refractivity contribution in [2.45, 2.75) is 39.2 Å².